The molecule has 0 spiro atoms. The van der Waals surface area contributed by atoms with E-state index in [1.54, 1.807) is 23.1 Å². The Morgan fingerprint density at radius 1 is 1.07 bits per heavy atom. The van der Waals surface area contributed by atoms with E-state index in [-0.39, 0.29) is 10.6 Å². The van der Waals surface area contributed by atoms with E-state index in [0.717, 1.165) is 38.4 Å². The number of piperazine rings is 1. The molecule has 0 aromatic heterocycles. The van der Waals surface area contributed by atoms with Crippen LogP contribution in [0.3, 0.4) is 0 Å². The lowest BCUT2D eigenvalue weighted by molar-refractivity contribution is -0.898. The Bertz CT molecular complexity index is 909. The van der Waals surface area contributed by atoms with E-state index in [9.17, 15) is 8.42 Å². The monoisotopic (exact) mass is 406 g/mol. The summed E-state index contributed by atoms with van der Waals surface area (Å²) in [6.45, 7) is 7.17. The first-order chi connectivity index (χ1) is 13.5. The third kappa shape index (κ3) is 4.34. The van der Waals surface area contributed by atoms with Gasteiger partial charge in [-0.1, -0.05) is 12.1 Å². The second-order valence-electron chi connectivity index (χ2n) is 6.73. The first-order valence-corrected chi connectivity index (χ1v) is 10.9. The van der Waals surface area contributed by atoms with Crippen LogP contribution < -0.4 is 24.0 Å². The fraction of sp³-hybridized carbons (Fsp3) is 0.400. The highest BCUT2D eigenvalue weighted by molar-refractivity contribution is 7.92. The zero-order valence-electron chi connectivity index (χ0n) is 16.6. The van der Waals surface area contributed by atoms with Crippen LogP contribution in [0.4, 0.5) is 11.4 Å². The molecule has 2 aromatic carbocycles. The highest BCUT2D eigenvalue weighted by Gasteiger charge is 2.25. The predicted molar refractivity (Wildman–Crippen MR) is 110 cm³/mol. The van der Waals surface area contributed by atoms with Crippen molar-refractivity contribution in [2.75, 3.05) is 56.6 Å². The lowest BCUT2D eigenvalue weighted by Crippen LogP contribution is -3.14. The second kappa shape index (κ2) is 8.70. The zero-order valence-corrected chi connectivity index (χ0v) is 17.4. The van der Waals surface area contributed by atoms with E-state index in [2.05, 4.69) is 16.5 Å². The van der Waals surface area contributed by atoms with Gasteiger partial charge in [0.2, 0.25) is 0 Å². The summed E-state index contributed by atoms with van der Waals surface area (Å²) in [5.74, 6) is 0.721. The van der Waals surface area contributed by atoms with Gasteiger partial charge in [-0.05, 0) is 31.2 Å². The van der Waals surface area contributed by atoms with Crippen molar-refractivity contribution >= 4 is 21.4 Å². The van der Waals surface area contributed by atoms with Crippen LogP contribution in [0, 0.1) is 0 Å². The van der Waals surface area contributed by atoms with E-state index in [0.29, 0.717) is 11.4 Å². The molecule has 1 aliphatic heterocycles. The maximum Gasteiger partial charge on any atom is 0.265 e. The molecule has 0 bridgehead atoms. The van der Waals surface area contributed by atoms with Crippen LogP contribution in [0.1, 0.15) is 6.92 Å². The number of ether oxygens (including phenoxy) is 2. The number of nitrogens with one attached hydrogen (secondary N) is 2. The summed E-state index contributed by atoms with van der Waals surface area (Å²) >= 11 is 0. The summed E-state index contributed by atoms with van der Waals surface area (Å²) in [6.07, 6.45) is 0. The van der Waals surface area contributed by atoms with Gasteiger partial charge in [0.1, 0.15) is 16.4 Å². The Kier molecular flexibility index (Phi) is 6.31. The van der Waals surface area contributed by atoms with Gasteiger partial charge in [0.25, 0.3) is 10.0 Å². The molecule has 0 amide bonds. The molecule has 1 saturated heterocycles. The largest absolute Gasteiger partial charge is 0.497 e. The fourth-order valence-electron chi connectivity index (χ4n) is 3.45. The van der Waals surface area contributed by atoms with Crippen molar-refractivity contribution in [3.63, 3.8) is 0 Å². The van der Waals surface area contributed by atoms with Gasteiger partial charge in [-0.3, -0.25) is 4.72 Å². The number of hydrogen-bond donors (Lipinski definition) is 2. The molecule has 1 heterocycles. The number of para-hydroxylation sites is 2. The van der Waals surface area contributed by atoms with Gasteiger partial charge >= 0.3 is 0 Å². The van der Waals surface area contributed by atoms with E-state index in [4.69, 9.17) is 9.47 Å². The predicted octanol–water partition coefficient (Wildman–Crippen LogP) is 1.23. The third-order valence-corrected chi connectivity index (χ3v) is 6.51. The topological polar surface area (TPSA) is 72.3 Å². The molecule has 0 aliphatic carbocycles. The van der Waals surface area contributed by atoms with Gasteiger partial charge < -0.3 is 19.3 Å². The number of benzene rings is 2. The lowest BCUT2D eigenvalue weighted by atomic mass is 10.2. The Morgan fingerprint density at radius 2 is 1.79 bits per heavy atom. The number of nitrogens with zero attached hydrogens (tertiary/aromatic N) is 1. The molecule has 0 unspecified atom stereocenters. The second-order valence-corrected chi connectivity index (χ2v) is 8.38. The van der Waals surface area contributed by atoms with Gasteiger partial charge in [-0.2, -0.15) is 0 Å². The molecule has 8 heteroatoms. The van der Waals surface area contributed by atoms with Gasteiger partial charge in [0.15, 0.2) is 0 Å². The quantitative estimate of drug-likeness (QED) is 0.724. The molecule has 2 N–H and O–H groups in total. The minimum atomic E-state index is -3.85. The molecule has 0 saturated carbocycles. The molecule has 152 valence electrons. The number of rotatable bonds is 7. The molecule has 3 rings (SSSR count). The Balaban J connectivity index is 1.90. The van der Waals surface area contributed by atoms with E-state index in [1.165, 1.54) is 20.3 Å². The summed E-state index contributed by atoms with van der Waals surface area (Å²) < 4.78 is 39.4. The zero-order chi connectivity index (χ0) is 20.1. The molecule has 2 aromatic rings. The van der Waals surface area contributed by atoms with Crippen molar-refractivity contribution in [2.45, 2.75) is 11.8 Å². The standard InChI is InChI=1S/C20H27N3O4S/c1-4-22-11-13-23(14-12-22)18-8-6-5-7-17(18)21-28(24,25)20-15-16(26-2)9-10-19(20)27-3/h5-10,15,21H,4,11-14H2,1-3H3/p+1. The molecule has 0 radical (unpaired) electrons. The first-order valence-electron chi connectivity index (χ1n) is 9.41. The Hall–Kier alpha value is -2.45. The number of likely N-dealkylation sites (N-methyl/N-ethyl adjacent to an activating group) is 1. The summed E-state index contributed by atoms with van der Waals surface area (Å²) in [7, 11) is -0.905. The maximum atomic E-state index is 13.1. The van der Waals surface area contributed by atoms with Gasteiger partial charge in [0.05, 0.1) is 58.3 Å². The lowest BCUT2D eigenvalue weighted by Gasteiger charge is -2.34. The first kappa shape index (κ1) is 20.3. The Morgan fingerprint density at radius 3 is 2.43 bits per heavy atom. The van der Waals surface area contributed by atoms with Crippen molar-refractivity contribution in [3.8, 4) is 11.5 Å². The molecular weight excluding hydrogens is 378 g/mol. The fourth-order valence-corrected chi connectivity index (χ4v) is 4.71. The number of hydrogen-bond acceptors (Lipinski definition) is 5. The highest BCUT2D eigenvalue weighted by atomic mass is 32.2. The number of sulfonamides is 1. The van der Waals surface area contributed by atoms with Gasteiger partial charge in [-0.15, -0.1) is 0 Å². The van der Waals surface area contributed by atoms with E-state index < -0.39 is 10.0 Å². The molecule has 1 fully saturated rings. The smallest absolute Gasteiger partial charge is 0.265 e. The van der Waals surface area contributed by atoms with Crippen LogP contribution in [0.25, 0.3) is 0 Å². The number of quaternary nitrogens is 1. The number of methoxy groups -OCH3 is 2. The average Bonchev–Trinajstić information content (AvgIpc) is 2.73. The van der Waals surface area contributed by atoms with Crippen molar-refractivity contribution < 1.29 is 22.8 Å². The number of anilines is 2. The minimum absolute atomic E-state index is 0.0457. The van der Waals surface area contributed by atoms with Crippen molar-refractivity contribution in [3.05, 3.63) is 42.5 Å². The van der Waals surface area contributed by atoms with E-state index >= 15 is 0 Å². The normalized spacial score (nSPS) is 15.3. The van der Waals surface area contributed by atoms with Crippen LogP contribution >= 0.6 is 0 Å². The van der Waals surface area contributed by atoms with Gasteiger partial charge in [0, 0.05) is 6.07 Å². The molecule has 28 heavy (non-hydrogen) atoms. The van der Waals surface area contributed by atoms with Crippen LogP contribution in [0.2, 0.25) is 0 Å². The maximum absolute atomic E-state index is 13.1. The third-order valence-electron chi connectivity index (χ3n) is 5.12. The van der Waals surface area contributed by atoms with Crippen LogP contribution in [-0.2, 0) is 10.0 Å². The molecule has 7 nitrogen and oxygen atoms in total. The Labute approximate surface area is 166 Å². The summed E-state index contributed by atoms with van der Waals surface area (Å²) in [4.78, 5) is 3.85. The average molecular weight is 407 g/mol. The van der Waals surface area contributed by atoms with Crippen LogP contribution in [0.15, 0.2) is 47.4 Å². The SMILES string of the molecule is CC[NH+]1CCN(c2ccccc2NS(=O)(=O)c2cc(OC)ccc2OC)CC1. The van der Waals surface area contributed by atoms with Crippen molar-refractivity contribution in [2.24, 2.45) is 0 Å². The van der Waals surface area contributed by atoms with Crippen molar-refractivity contribution in [1.29, 1.82) is 0 Å². The minimum Gasteiger partial charge on any atom is -0.497 e. The van der Waals surface area contributed by atoms with Crippen molar-refractivity contribution in [1.82, 2.24) is 0 Å². The van der Waals surface area contributed by atoms with Crippen LogP contribution in [-0.4, -0.2) is 55.4 Å². The summed E-state index contributed by atoms with van der Waals surface area (Å²) in [5, 5.41) is 0. The summed E-state index contributed by atoms with van der Waals surface area (Å²) in [5.41, 5.74) is 1.45. The molecule has 1 aliphatic rings. The summed E-state index contributed by atoms with van der Waals surface area (Å²) in [6, 6.07) is 12.2. The molecular formula is C20H28N3O4S+. The van der Waals surface area contributed by atoms with Crippen LogP contribution in [0.5, 0.6) is 11.5 Å². The van der Waals surface area contributed by atoms with Gasteiger partial charge in [-0.25, -0.2) is 8.42 Å². The highest BCUT2D eigenvalue weighted by Crippen LogP contribution is 2.32. The van der Waals surface area contributed by atoms with E-state index in [1.807, 2.05) is 18.2 Å². The molecule has 0 atom stereocenters.